The number of halogens is 1. The number of sulfonamides is 1. The normalized spacial score (nSPS) is 13.4. The molecule has 2 amide bonds. The van der Waals surface area contributed by atoms with E-state index in [1.165, 1.54) is 4.31 Å². The van der Waals surface area contributed by atoms with Crippen molar-refractivity contribution in [1.82, 2.24) is 10.2 Å². The van der Waals surface area contributed by atoms with E-state index in [0.717, 1.165) is 11.8 Å². The number of nitrogens with one attached hydrogen (secondary N) is 1. The van der Waals surface area contributed by atoms with Crippen LogP contribution in [0.25, 0.3) is 0 Å². The fraction of sp³-hybridized carbons (Fsp3) is 0.462. The van der Waals surface area contributed by atoms with Gasteiger partial charge >= 0.3 is 0 Å². The van der Waals surface area contributed by atoms with Crippen molar-refractivity contribution >= 4 is 39.1 Å². The maximum atomic E-state index is 13.4. The Labute approximate surface area is 223 Å². The van der Waals surface area contributed by atoms with Crippen LogP contribution in [0.4, 0.5) is 5.69 Å². The summed E-state index contributed by atoms with van der Waals surface area (Å²) < 4.78 is 37.0. The molecule has 2 aromatic rings. The molecule has 11 heteroatoms. The van der Waals surface area contributed by atoms with E-state index in [1.54, 1.807) is 35.2 Å². The summed E-state index contributed by atoms with van der Waals surface area (Å²) in [4.78, 5) is 27.9. The van der Waals surface area contributed by atoms with Crippen LogP contribution in [0.1, 0.15) is 45.6 Å². The van der Waals surface area contributed by atoms with Gasteiger partial charge in [-0.1, -0.05) is 30.7 Å². The summed E-state index contributed by atoms with van der Waals surface area (Å²) in [5.41, 5.74) is 1.27. The zero-order valence-corrected chi connectivity index (χ0v) is 23.1. The van der Waals surface area contributed by atoms with Crippen LogP contribution in [0, 0.1) is 0 Å². The highest BCUT2D eigenvalue weighted by molar-refractivity contribution is 7.92. The van der Waals surface area contributed by atoms with Crippen LogP contribution in [0.2, 0.25) is 5.02 Å². The molecule has 0 saturated carbocycles. The molecule has 0 radical (unpaired) electrons. The third kappa shape index (κ3) is 7.75. The van der Waals surface area contributed by atoms with Crippen LogP contribution in [0.3, 0.4) is 0 Å². The highest BCUT2D eigenvalue weighted by Crippen LogP contribution is 2.36. The number of nitrogens with zero attached hydrogens (tertiary/aromatic N) is 2. The van der Waals surface area contributed by atoms with Gasteiger partial charge in [0, 0.05) is 36.6 Å². The number of amides is 2. The number of hydrogen-bond acceptors (Lipinski definition) is 6. The summed E-state index contributed by atoms with van der Waals surface area (Å²) in [6, 6.07) is 11.3. The number of carbonyl (C=O) groups is 2. The Bertz CT molecular complexity index is 1200. The predicted molar refractivity (Wildman–Crippen MR) is 143 cm³/mol. The Morgan fingerprint density at radius 3 is 2.38 bits per heavy atom. The van der Waals surface area contributed by atoms with E-state index in [1.807, 2.05) is 32.9 Å². The highest BCUT2D eigenvalue weighted by atomic mass is 35.5. The van der Waals surface area contributed by atoms with Crippen molar-refractivity contribution in [2.24, 2.45) is 0 Å². The van der Waals surface area contributed by atoms with Crippen molar-refractivity contribution < 1.29 is 27.5 Å². The lowest BCUT2D eigenvalue weighted by molar-refractivity contribution is -0.141. The highest BCUT2D eigenvalue weighted by Gasteiger charge is 2.29. The predicted octanol–water partition coefficient (Wildman–Crippen LogP) is 3.95. The van der Waals surface area contributed by atoms with Crippen LogP contribution in [-0.2, 0) is 26.2 Å². The largest absolute Gasteiger partial charge is 0.454 e. The number of hydrogen-bond donors (Lipinski definition) is 1. The van der Waals surface area contributed by atoms with E-state index in [0.29, 0.717) is 28.6 Å². The smallest absolute Gasteiger partial charge is 0.243 e. The molecule has 1 unspecified atom stereocenters. The number of carbonyl (C=O) groups excluding carboxylic acids is 2. The molecular formula is C26H34ClN3O6S. The second-order valence-electron chi connectivity index (χ2n) is 9.21. The molecule has 202 valence electrons. The first-order chi connectivity index (χ1) is 17.5. The van der Waals surface area contributed by atoms with Gasteiger partial charge < -0.3 is 19.7 Å². The minimum atomic E-state index is -3.62. The van der Waals surface area contributed by atoms with Gasteiger partial charge in [-0.15, -0.1) is 0 Å². The Morgan fingerprint density at radius 2 is 1.76 bits per heavy atom. The summed E-state index contributed by atoms with van der Waals surface area (Å²) in [5.74, 6) is 0.562. The zero-order valence-electron chi connectivity index (χ0n) is 21.6. The van der Waals surface area contributed by atoms with Crippen molar-refractivity contribution in [3.8, 4) is 11.5 Å². The molecule has 0 aliphatic carbocycles. The van der Waals surface area contributed by atoms with Gasteiger partial charge in [-0.25, -0.2) is 8.42 Å². The van der Waals surface area contributed by atoms with Gasteiger partial charge in [0.25, 0.3) is 0 Å². The number of fused-ring (bicyclic) bond motifs is 1. The summed E-state index contributed by atoms with van der Waals surface area (Å²) in [7, 11) is -3.62. The van der Waals surface area contributed by atoms with Gasteiger partial charge in [0.15, 0.2) is 11.5 Å². The van der Waals surface area contributed by atoms with E-state index >= 15 is 0 Å². The van der Waals surface area contributed by atoms with Crippen molar-refractivity contribution in [3.63, 3.8) is 0 Å². The van der Waals surface area contributed by atoms with Crippen molar-refractivity contribution in [2.45, 2.75) is 58.7 Å². The molecule has 0 saturated heterocycles. The Hall–Kier alpha value is -2.98. The average Bonchev–Trinajstić information content (AvgIpc) is 3.29. The maximum absolute atomic E-state index is 13.4. The van der Waals surface area contributed by atoms with Crippen LogP contribution in [0.5, 0.6) is 11.5 Å². The molecular weight excluding hydrogens is 518 g/mol. The standard InChI is InChI=1S/C26H34ClN3O6S/c1-5-22(26(32)28-18(2)3)29(16-19-8-10-20(27)11-9-19)25(31)7-6-14-30(37(4,33)34)21-12-13-23-24(15-21)36-17-35-23/h8-13,15,18,22H,5-7,14,16-17H2,1-4H3,(H,28,32). The van der Waals surface area contributed by atoms with E-state index < -0.39 is 16.1 Å². The van der Waals surface area contributed by atoms with Crippen molar-refractivity contribution in [1.29, 1.82) is 0 Å². The van der Waals surface area contributed by atoms with Crippen LogP contribution >= 0.6 is 11.6 Å². The third-order valence-electron chi connectivity index (χ3n) is 5.88. The average molecular weight is 552 g/mol. The molecule has 1 aliphatic rings. The van der Waals surface area contributed by atoms with Crippen LogP contribution < -0.4 is 19.1 Å². The van der Waals surface area contributed by atoms with E-state index in [4.69, 9.17) is 21.1 Å². The van der Waals surface area contributed by atoms with E-state index in [2.05, 4.69) is 5.32 Å². The number of rotatable bonds is 12. The second kappa shape index (κ2) is 12.5. The van der Waals surface area contributed by atoms with Gasteiger partial charge in [-0.3, -0.25) is 13.9 Å². The quantitative estimate of drug-likeness (QED) is 0.428. The lowest BCUT2D eigenvalue weighted by Crippen LogP contribution is -2.50. The molecule has 2 aromatic carbocycles. The van der Waals surface area contributed by atoms with Gasteiger partial charge in [-0.05, 0) is 56.5 Å². The van der Waals surface area contributed by atoms with E-state index in [-0.39, 0.29) is 50.6 Å². The first-order valence-corrected chi connectivity index (χ1v) is 14.4. The first-order valence-electron chi connectivity index (χ1n) is 12.2. The summed E-state index contributed by atoms with van der Waals surface area (Å²) in [6.07, 6.45) is 1.88. The minimum absolute atomic E-state index is 0.0651. The zero-order chi connectivity index (χ0) is 27.2. The Kier molecular flexibility index (Phi) is 9.67. The number of anilines is 1. The SMILES string of the molecule is CCC(C(=O)NC(C)C)N(Cc1ccc(Cl)cc1)C(=O)CCCN(c1ccc2c(c1)OCO2)S(C)(=O)=O. The molecule has 3 rings (SSSR count). The second-order valence-corrected chi connectivity index (χ2v) is 11.6. The Balaban J connectivity index is 1.76. The molecule has 0 fully saturated rings. The van der Waals surface area contributed by atoms with Crippen LogP contribution in [0.15, 0.2) is 42.5 Å². The van der Waals surface area contributed by atoms with Gasteiger partial charge in [0.2, 0.25) is 28.6 Å². The monoisotopic (exact) mass is 551 g/mol. The molecule has 9 nitrogen and oxygen atoms in total. The number of benzene rings is 2. The topological polar surface area (TPSA) is 105 Å². The van der Waals surface area contributed by atoms with Gasteiger partial charge in [0.1, 0.15) is 6.04 Å². The van der Waals surface area contributed by atoms with Crippen LogP contribution in [-0.4, -0.2) is 56.8 Å². The summed E-state index contributed by atoms with van der Waals surface area (Å²) in [6.45, 7) is 6.00. The molecule has 1 N–H and O–H groups in total. The van der Waals surface area contributed by atoms with Gasteiger partial charge in [0.05, 0.1) is 11.9 Å². The minimum Gasteiger partial charge on any atom is -0.454 e. The number of ether oxygens (including phenoxy) is 2. The molecule has 37 heavy (non-hydrogen) atoms. The molecule has 1 heterocycles. The van der Waals surface area contributed by atoms with Crippen molar-refractivity contribution in [3.05, 3.63) is 53.1 Å². The molecule has 1 aliphatic heterocycles. The summed E-state index contributed by atoms with van der Waals surface area (Å²) in [5, 5.41) is 3.48. The lowest BCUT2D eigenvalue weighted by atomic mass is 10.1. The molecule has 1 atom stereocenters. The van der Waals surface area contributed by atoms with Crippen molar-refractivity contribution in [2.75, 3.05) is 23.9 Å². The Morgan fingerprint density at radius 1 is 1.08 bits per heavy atom. The van der Waals surface area contributed by atoms with E-state index in [9.17, 15) is 18.0 Å². The molecule has 0 bridgehead atoms. The van der Waals surface area contributed by atoms with Gasteiger partial charge in [-0.2, -0.15) is 0 Å². The fourth-order valence-electron chi connectivity index (χ4n) is 4.13. The lowest BCUT2D eigenvalue weighted by Gasteiger charge is -2.31. The molecule has 0 spiro atoms. The first kappa shape index (κ1) is 28.6. The summed E-state index contributed by atoms with van der Waals surface area (Å²) >= 11 is 6.01. The molecule has 0 aromatic heterocycles. The third-order valence-corrected chi connectivity index (χ3v) is 7.33. The fourth-order valence-corrected chi connectivity index (χ4v) is 5.21. The maximum Gasteiger partial charge on any atom is 0.243 e.